The van der Waals surface area contributed by atoms with Gasteiger partial charge in [-0.3, -0.25) is 0 Å². The standard InChI is InChI=1S/C15H14S/c1-13(12-14-8-4-2-5-9-14)16-15-10-6-3-7-11-15/h2-11H,1,12H2. The quantitative estimate of drug-likeness (QED) is 0.690. The lowest BCUT2D eigenvalue weighted by Gasteiger charge is -2.05. The third-order valence-electron chi connectivity index (χ3n) is 2.25. The van der Waals surface area contributed by atoms with E-state index in [2.05, 4.69) is 55.1 Å². The van der Waals surface area contributed by atoms with Gasteiger partial charge in [-0.25, -0.2) is 0 Å². The smallest absolute Gasteiger partial charge is 0.0118 e. The van der Waals surface area contributed by atoms with E-state index in [4.69, 9.17) is 0 Å². The van der Waals surface area contributed by atoms with Gasteiger partial charge in [0.05, 0.1) is 0 Å². The van der Waals surface area contributed by atoms with Gasteiger partial charge in [-0.15, -0.1) is 0 Å². The van der Waals surface area contributed by atoms with Crippen molar-refractivity contribution in [2.75, 3.05) is 0 Å². The molecule has 0 aliphatic rings. The van der Waals surface area contributed by atoms with E-state index < -0.39 is 0 Å². The van der Waals surface area contributed by atoms with Gasteiger partial charge in [0.25, 0.3) is 0 Å². The summed E-state index contributed by atoms with van der Waals surface area (Å²) in [5.74, 6) is 0. The van der Waals surface area contributed by atoms with Crippen molar-refractivity contribution in [2.24, 2.45) is 0 Å². The molecule has 0 heterocycles. The van der Waals surface area contributed by atoms with Crippen molar-refractivity contribution < 1.29 is 0 Å². The maximum Gasteiger partial charge on any atom is 0.0118 e. The van der Waals surface area contributed by atoms with Crippen LogP contribution in [0.5, 0.6) is 0 Å². The molecular weight excluding hydrogens is 212 g/mol. The first-order valence-corrected chi connectivity index (χ1v) is 6.11. The van der Waals surface area contributed by atoms with Crippen LogP contribution in [0.3, 0.4) is 0 Å². The van der Waals surface area contributed by atoms with Gasteiger partial charge in [-0.1, -0.05) is 66.9 Å². The van der Waals surface area contributed by atoms with Gasteiger partial charge in [-0.05, 0) is 22.6 Å². The SMILES string of the molecule is C=C(Cc1ccccc1)Sc1ccccc1. The molecule has 0 N–H and O–H groups in total. The van der Waals surface area contributed by atoms with Gasteiger partial charge in [0, 0.05) is 11.3 Å². The van der Waals surface area contributed by atoms with Crippen LogP contribution in [0.1, 0.15) is 5.56 Å². The molecule has 0 unspecified atom stereocenters. The molecule has 0 aliphatic heterocycles. The maximum atomic E-state index is 4.11. The average Bonchev–Trinajstić information content (AvgIpc) is 2.31. The minimum Gasteiger partial charge on any atom is -0.0948 e. The fourth-order valence-electron chi connectivity index (χ4n) is 1.51. The third-order valence-corrected chi connectivity index (χ3v) is 3.19. The van der Waals surface area contributed by atoms with Crippen LogP contribution in [0.4, 0.5) is 0 Å². The molecule has 0 radical (unpaired) electrons. The van der Waals surface area contributed by atoms with Crippen molar-refractivity contribution in [3.8, 4) is 0 Å². The lowest BCUT2D eigenvalue weighted by atomic mass is 10.1. The summed E-state index contributed by atoms with van der Waals surface area (Å²) in [6.45, 7) is 4.11. The first kappa shape index (κ1) is 11.0. The number of hydrogen-bond donors (Lipinski definition) is 0. The van der Waals surface area contributed by atoms with E-state index in [0.717, 1.165) is 6.42 Å². The predicted molar refractivity (Wildman–Crippen MR) is 71.6 cm³/mol. The van der Waals surface area contributed by atoms with E-state index >= 15 is 0 Å². The molecule has 0 fully saturated rings. The highest BCUT2D eigenvalue weighted by atomic mass is 32.2. The lowest BCUT2D eigenvalue weighted by molar-refractivity contribution is 1.25. The zero-order chi connectivity index (χ0) is 11.2. The summed E-state index contributed by atoms with van der Waals surface area (Å²) >= 11 is 1.74. The second-order valence-corrected chi connectivity index (χ2v) is 4.87. The van der Waals surface area contributed by atoms with Gasteiger partial charge in [0.15, 0.2) is 0 Å². The Labute approximate surface area is 101 Å². The maximum absolute atomic E-state index is 4.11. The summed E-state index contributed by atoms with van der Waals surface area (Å²) in [5.41, 5.74) is 1.32. The van der Waals surface area contributed by atoms with Gasteiger partial charge >= 0.3 is 0 Å². The Kier molecular flexibility index (Phi) is 3.84. The topological polar surface area (TPSA) is 0 Å². The van der Waals surface area contributed by atoms with Crippen LogP contribution >= 0.6 is 11.8 Å². The van der Waals surface area contributed by atoms with Gasteiger partial charge in [-0.2, -0.15) is 0 Å². The molecule has 80 valence electrons. The zero-order valence-electron chi connectivity index (χ0n) is 9.10. The fraction of sp³-hybridized carbons (Fsp3) is 0.0667. The summed E-state index contributed by atoms with van der Waals surface area (Å²) < 4.78 is 0. The molecular formula is C15H14S. The molecule has 2 aromatic rings. The highest BCUT2D eigenvalue weighted by molar-refractivity contribution is 8.03. The number of rotatable bonds is 4. The van der Waals surface area contributed by atoms with Gasteiger partial charge in [0.2, 0.25) is 0 Å². The minimum absolute atomic E-state index is 0.931. The molecule has 0 bridgehead atoms. The first-order valence-electron chi connectivity index (χ1n) is 5.29. The summed E-state index contributed by atoms with van der Waals surface area (Å²) in [4.78, 5) is 2.43. The van der Waals surface area contributed by atoms with Crippen molar-refractivity contribution in [2.45, 2.75) is 11.3 Å². The first-order chi connectivity index (χ1) is 7.84. The summed E-state index contributed by atoms with van der Waals surface area (Å²) in [5, 5.41) is 0. The van der Waals surface area contributed by atoms with E-state index in [1.54, 1.807) is 11.8 Å². The van der Waals surface area contributed by atoms with Crippen LogP contribution in [0.2, 0.25) is 0 Å². The van der Waals surface area contributed by atoms with Crippen LogP contribution in [0, 0.1) is 0 Å². The summed E-state index contributed by atoms with van der Waals surface area (Å²) in [6.07, 6.45) is 0.931. The Bertz CT molecular complexity index is 402. The Morgan fingerprint density at radius 2 is 1.44 bits per heavy atom. The highest BCUT2D eigenvalue weighted by Gasteiger charge is 1.99. The molecule has 0 amide bonds. The van der Waals surface area contributed by atoms with Crippen LogP contribution in [0.15, 0.2) is 77.0 Å². The normalized spacial score (nSPS) is 10.0. The number of allylic oxidation sites excluding steroid dienone is 1. The highest BCUT2D eigenvalue weighted by Crippen LogP contribution is 2.27. The van der Waals surface area contributed by atoms with E-state index in [1.807, 2.05) is 12.1 Å². The molecule has 0 spiro atoms. The molecule has 0 aromatic heterocycles. The average molecular weight is 226 g/mol. The number of benzene rings is 2. The molecule has 0 atom stereocenters. The van der Waals surface area contributed by atoms with E-state index in [9.17, 15) is 0 Å². The van der Waals surface area contributed by atoms with Crippen LogP contribution in [-0.4, -0.2) is 0 Å². The van der Waals surface area contributed by atoms with Crippen molar-refractivity contribution in [1.82, 2.24) is 0 Å². The largest absolute Gasteiger partial charge is 0.0948 e. The van der Waals surface area contributed by atoms with Crippen molar-refractivity contribution >= 4 is 11.8 Å². The predicted octanol–water partition coefficient (Wildman–Crippen LogP) is 4.54. The Balaban J connectivity index is 1.95. The zero-order valence-corrected chi connectivity index (χ0v) is 9.91. The Morgan fingerprint density at radius 3 is 2.06 bits per heavy atom. The van der Waals surface area contributed by atoms with Gasteiger partial charge < -0.3 is 0 Å². The van der Waals surface area contributed by atoms with Crippen LogP contribution in [0.25, 0.3) is 0 Å². The Morgan fingerprint density at radius 1 is 0.875 bits per heavy atom. The van der Waals surface area contributed by atoms with Crippen LogP contribution in [-0.2, 0) is 6.42 Å². The van der Waals surface area contributed by atoms with E-state index in [1.165, 1.54) is 15.4 Å². The van der Waals surface area contributed by atoms with E-state index in [-0.39, 0.29) is 0 Å². The molecule has 16 heavy (non-hydrogen) atoms. The molecule has 0 saturated carbocycles. The summed E-state index contributed by atoms with van der Waals surface area (Å²) in [7, 11) is 0. The molecule has 0 nitrogen and oxygen atoms in total. The Hall–Kier alpha value is -1.47. The molecule has 2 aromatic carbocycles. The second-order valence-electron chi connectivity index (χ2n) is 3.62. The lowest BCUT2D eigenvalue weighted by Crippen LogP contribution is -1.84. The van der Waals surface area contributed by atoms with E-state index in [0.29, 0.717) is 0 Å². The molecule has 1 heteroatoms. The van der Waals surface area contributed by atoms with Gasteiger partial charge in [0.1, 0.15) is 0 Å². The number of hydrogen-bond acceptors (Lipinski definition) is 1. The summed E-state index contributed by atoms with van der Waals surface area (Å²) in [6, 6.07) is 20.8. The van der Waals surface area contributed by atoms with Crippen molar-refractivity contribution in [3.63, 3.8) is 0 Å². The van der Waals surface area contributed by atoms with Crippen molar-refractivity contribution in [3.05, 3.63) is 77.7 Å². The second kappa shape index (κ2) is 5.57. The number of thioether (sulfide) groups is 1. The van der Waals surface area contributed by atoms with Crippen LogP contribution < -0.4 is 0 Å². The van der Waals surface area contributed by atoms with Crippen molar-refractivity contribution in [1.29, 1.82) is 0 Å². The molecule has 0 saturated heterocycles. The third kappa shape index (κ3) is 3.28. The fourth-order valence-corrected chi connectivity index (χ4v) is 2.38. The minimum atomic E-state index is 0.931. The molecule has 2 rings (SSSR count). The monoisotopic (exact) mass is 226 g/mol. The molecule has 0 aliphatic carbocycles.